The first-order valence-corrected chi connectivity index (χ1v) is 11.3. The molecule has 33 heavy (non-hydrogen) atoms. The van der Waals surface area contributed by atoms with Crippen molar-refractivity contribution in [3.8, 4) is 6.01 Å². The van der Waals surface area contributed by atoms with Crippen LogP contribution in [0.2, 0.25) is 5.15 Å². The number of ether oxygens (including phenoxy) is 1. The second-order valence-corrected chi connectivity index (χ2v) is 9.15. The number of halogens is 1. The van der Waals surface area contributed by atoms with Crippen LogP contribution in [0.25, 0.3) is 11.0 Å². The van der Waals surface area contributed by atoms with Crippen LogP contribution < -0.4 is 10.1 Å². The van der Waals surface area contributed by atoms with E-state index in [4.69, 9.17) is 16.3 Å². The number of piperidine rings is 1. The number of hydrogen-bond donors (Lipinski definition) is 1. The summed E-state index contributed by atoms with van der Waals surface area (Å²) in [5.74, 6) is -0.166. The summed E-state index contributed by atoms with van der Waals surface area (Å²) in [4.78, 5) is 32.5. The van der Waals surface area contributed by atoms with Crippen LogP contribution in [0.3, 0.4) is 0 Å². The van der Waals surface area contributed by atoms with Crippen LogP contribution in [0.4, 0.5) is 0 Å². The molecule has 0 spiro atoms. The van der Waals surface area contributed by atoms with Gasteiger partial charge in [-0.3, -0.25) is 18.8 Å². The normalized spacial score (nSPS) is 18.6. The molecule has 3 aromatic rings. The summed E-state index contributed by atoms with van der Waals surface area (Å²) in [5.41, 5.74) is 4.23. The van der Waals surface area contributed by atoms with Crippen molar-refractivity contribution in [1.82, 2.24) is 29.5 Å². The first-order valence-electron chi connectivity index (χ1n) is 10.9. The average molecular weight is 473 g/mol. The highest BCUT2D eigenvalue weighted by Gasteiger charge is 2.32. The molecule has 0 unspecified atom stereocenters. The summed E-state index contributed by atoms with van der Waals surface area (Å²) in [6, 6.07) is 4.20. The largest absolute Gasteiger partial charge is 0.468 e. The van der Waals surface area contributed by atoms with E-state index in [1.807, 2.05) is 42.5 Å². The smallest absolute Gasteiger partial charge is 0.296 e. The van der Waals surface area contributed by atoms with Gasteiger partial charge in [-0.05, 0) is 43.9 Å². The number of rotatable bonds is 4. The Labute approximate surface area is 197 Å². The molecule has 1 fully saturated rings. The van der Waals surface area contributed by atoms with E-state index >= 15 is 0 Å². The molecule has 4 rings (SSSR count). The van der Waals surface area contributed by atoms with Gasteiger partial charge >= 0.3 is 0 Å². The second-order valence-electron chi connectivity index (χ2n) is 8.79. The van der Waals surface area contributed by atoms with Crippen molar-refractivity contribution in [3.05, 3.63) is 39.7 Å². The Morgan fingerprint density at radius 3 is 2.58 bits per heavy atom. The SMILES string of the molecule is COc1nc2c(C)cc(C(=O)N3CC[C@@H](NC(=O)c4c(C)nn(C)c4Cl)[C@@H](C)C3)cc2n1C. The molecule has 2 atom stereocenters. The zero-order valence-corrected chi connectivity index (χ0v) is 20.5. The lowest BCUT2D eigenvalue weighted by molar-refractivity contribution is 0.0633. The Kier molecular flexibility index (Phi) is 6.09. The molecule has 1 saturated heterocycles. The molecule has 9 nitrogen and oxygen atoms in total. The number of imidazole rings is 1. The molecule has 2 aromatic heterocycles. The average Bonchev–Trinajstić information content (AvgIpc) is 3.23. The number of likely N-dealkylation sites (tertiary alicyclic amines) is 1. The van der Waals surface area contributed by atoms with Gasteiger partial charge in [0.2, 0.25) is 0 Å². The molecule has 1 N–H and O–H groups in total. The Balaban J connectivity index is 1.48. The van der Waals surface area contributed by atoms with Gasteiger partial charge in [0.15, 0.2) is 0 Å². The fraction of sp³-hybridized carbons (Fsp3) is 0.478. The number of hydrogen-bond acceptors (Lipinski definition) is 5. The van der Waals surface area contributed by atoms with Gasteiger partial charge in [-0.25, -0.2) is 0 Å². The number of amides is 2. The van der Waals surface area contributed by atoms with Crippen molar-refractivity contribution in [2.75, 3.05) is 20.2 Å². The standard InChI is InChI=1S/C23H29ClN6O3/c1-12-9-15(10-17-19(12)26-23(33-6)28(17)4)22(32)30-8-7-16(13(2)11-30)25-21(31)18-14(3)27-29(5)20(18)24/h9-10,13,16H,7-8,11H2,1-6H3,(H,25,31)/t13-,16+/m0/s1. The highest BCUT2D eigenvalue weighted by Crippen LogP contribution is 2.27. The van der Waals surface area contributed by atoms with E-state index in [2.05, 4.69) is 15.4 Å². The minimum atomic E-state index is -0.228. The van der Waals surface area contributed by atoms with Gasteiger partial charge < -0.3 is 15.0 Å². The lowest BCUT2D eigenvalue weighted by Gasteiger charge is -2.37. The maximum atomic E-state index is 13.3. The van der Waals surface area contributed by atoms with Gasteiger partial charge in [0.25, 0.3) is 17.8 Å². The number of nitrogens with zero attached hydrogens (tertiary/aromatic N) is 5. The highest BCUT2D eigenvalue weighted by molar-refractivity contribution is 6.33. The number of aryl methyl sites for hydroxylation is 4. The molecule has 0 bridgehead atoms. The van der Waals surface area contributed by atoms with Crippen molar-refractivity contribution < 1.29 is 14.3 Å². The van der Waals surface area contributed by atoms with Crippen molar-refractivity contribution in [2.45, 2.75) is 33.2 Å². The summed E-state index contributed by atoms with van der Waals surface area (Å²) in [6.07, 6.45) is 0.663. The lowest BCUT2D eigenvalue weighted by Crippen LogP contribution is -2.51. The number of methoxy groups -OCH3 is 1. The molecule has 1 aliphatic rings. The molecule has 0 saturated carbocycles. The summed E-state index contributed by atoms with van der Waals surface area (Å²) in [7, 11) is 5.16. The van der Waals surface area contributed by atoms with Gasteiger partial charge in [0.05, 0.1) is 29.4 Å². The topological polar surface area (TPSA) is 94.3 Å². The van der Waals surface area contributed by atoms with Gasteiger partial charge in [-0.1, -0.05) is 18.5 Å². The Morgan fingerprint density at radius 2 is 1.97 bits per heavy atom. The predicted octanol–water partition coefficient (Wildman–Crippen LogP) is 2.87. The molecule has 1 aromatic carbocycles. The van der Waals surface area contributed by atoms with Crippen molar-refractivity contribution in [3.63, 3.8) is 0 Å². The van der Waals surface area contributed by atoms with Gasteiger partial charge in [0, 0.05) is 38.8 Å². The number of carbonyl (C=O) groups excluding carboxylic acids is 2. The molecular formula is C23H29ClN6O3. The highest BCUT2D eigenvalue weighted by atomic mass is 35.5. The first kappa shape index (κ1) is 23.1. The fourth-order valence-corrected chi connectivity index (χ4v) is 4.86. The molecule has 0 radical (unpaired) electrons. The zero-order chi connectivity index (χ0) is 24.0. The minimum absolute atomic E-state index is 0.0251. The van der Waals surface area contributed by atoms with E-state index in [0.29, 0.717) is 47.5 Å². The van der Waals surface area contributed by atoms with Crippen LogP contribution in [-0.2, 0) is 14.1 Å². The van der Waals surface area contributed by atoms with E-state index in [1.165, 1.54) is 4.68 Å². The third kappa shape index (κ3) is 4.06. The number of benzene rings is 1. The maximum absolute atomic E-state index is 13.3. The Bertz CT molecular complexity index is 1250. The summed E-state index contributed by atoms with van der Waals surface area (Å²) >= 11 is 6.24. The second kappa shape index (κ2) is 8.70. The summed E-state index contributed by atoms with van der Waals surface area (Å²) < 4.78 is 8.65. The quantitative estimate of drug-likeness (QED) is 0.630. The van der Waals surface area contributed by atoms with Crippen LogP contribution >= 0.6 is 11.6 Å². The van der Waals surface area contributed by atoms with E-state index in [1.54, 1.807) is 21.1 Å². The van der Waals surface area contributed by atoms with Crippen molar-refractivity contribution in [1.29, 1.82) is 0 Å². The van der Waals surface area contributed by atoms with Crippen LogP contribution in [0.5, 0.6) is 6.01 Å². The fourth-order valence-electron chi connectivity index (χ4n) is 4.60. The Morgan fingerprint density at radius 1 is 1.24 bits per heavy atom. The minimum Gasteiger partial charge on any atom is -0.468 e. The first-order chi connectivity index (χ1) is 15.6. The van der Waals surface area contributed by atoms with Gasteiger partial charge in [-0.15, -0.1) is 0 Å². The molecule has 176 valence electrons. The van der Waals surface area contributed by atoms with Crippen LogP contribution in [0.1, 0.15) is 45.3 Å². The monoisotopic (exact) mass is 472 g/mol. The van der Waals surface area contributed by atoms with Crippen molar-refractivity contribution >= 4 is 34.4 Å². The van der Waals surface area contributed by atoms with Gasteiger partial charge in [0.1, 0.15) is 5.15 Å². The molecule has 1 aliphatic heterocycles. The molecule has 0 aliphatic carbocycles. The van der Waals surface area contributed by atoms with Gasteiger partial charge in [-0.2, -0.15) is 10.1 Å². The van der Waals surface area contributed by atoms with E-state index in [9.17, 15) is 9.59 Å². The number of fused-ring (bicyclic) bond motifs is 1. The third-order valence-electron chi connectivity index (χ3n) is 6.45. The van der Waals surface area contributed by atoms with Crippen LogP contribution in [0.15, 0.2) is 12.1 Å². The van der Waals surface area contributed by atoms with E-state index in [-0.39, 0.29) is 23.8 Å². The van der Waals surface area contributed by atoms with E-state index < -0.39 is 0 Å². The zero-order valence-electron chi connectivity index (χ0n) is 19.8. The molecule has 2 amide bonds. The number of carbonyl (C=O) groups is 2. The Hall–Kier alpha value is -3.07. The number of nitrogens with one attached hydrogen (secondary N) is 1. The number of aromatic nitrogens is 4. The van der Waals surface area contributed by atoms with Crippen LogP contribution in [0, 0.1) is 19.8 Å². The lowest BCUT2D eigenvalue weighted by atomic mass is 9.93. The molecule has 3 heterocycles. The molecule has 10 heteroatoms. The summed E-state index contributed by atoms with van der Waals surface area (Å²) in [6.45, 7) is 6.86. The molecular weight excluding hydrogens is 444 g/mol. The summed E-state index contributed by atoms with van der Waals surface area (Å²) in [5, 5.41) is 7.62. The van der Waals surface area contributed by atoms with Crippen LogP contribution in [-0.4, -0.2) is 62.3 Å². The maximum Gasteiger partial charge on any atom is 0.296 e. The van der Waals surface area contributed by atoms with E-state index in [0.717, 1.165) is 16.6 Å². The predicted molar refractivity (Wildman–Crippen MR) is 126 cm³/mol. The third-order valence-corrected chi connectivity index (χ3v) is 6.89. The van der Waals surface area contributed by atoms with Crippen molar-refractivity contribution in [2.24, 2.45) is 20.0 Å².